The van der Waals surface area contributed by atoms with Crippen molar-refractivity contribution >= 4 is 12.0 Å². The second-order valence-corrected chi connectivity index (χ2v) is 5.73. The number of hydrogen-bond donors (Lipinski definition) is 1. The number of hydrogen-bond acceptors (Lipinski definition) is 2. The molecule has 2 aliphatic rings. The van der Waals surface area contributed by atoms with Gasteiger partial charge in [-0.1, -0.05) is 6.92 Å². The Bertz CT molecular complexity index is 358. The molecular formula is C14H24N2O3. The van der Waals surface area contributed by atoms with Gasteiger partial charge in [0.15, 0.2) is 0 Å². The van der Waals surface area contributed by atoms with E-state index in [2.05, 4.69) is 0 Å². The summed E-state index contributed by atoms with van der Waals surface area (Å²) < 4.78 is 0. The fourth-order valence-corrected chi connectivity index (χ4v) is 2.96. The summed E-state index contributed by atoms with van der Waals surface area (Å²) in [6, 6.07) is 0.523. The molecular weight excluding hydrogens is 244 g/mol. The SMILES string of the molecule is CCN(C(=O)N1CCC(CC)(C(=O)O)CC1)C1CC1. The molecule has 1 N–H and O–H groups in total. The molecule has 0 atom stereocenters. The first-order chi connectivity index (χ1) is 9.04. The Morgan fingerprint density at radius 1 is 1.26 bits per heavy atom. The highest BCUT2D eigenvalue weighted by Crippen LogP contribution is 2.36. The molecule has 108 valence electrons. The number of carboxylic acids is 1. The zero-order chi connectivity index (χ0) is 14.0. The van der Waals surface area contributed by atoms with Crippen molar-refractivity contribution < 1.29 is 14.7 Å². The Kier molecular flexibility index (Phi) is 4.02. The summed E-state index contributed by atoms with van der Waals surface area (Å²) in [6.45, 7) is 5.82. The lowest BCUT2D eigenvalue weighted by Crippen LogP contribution is -2.51. The zero-order valence-electron chi connectivity index (χ0n) is 11.9. The number of nitrogens with zero attached hydrogens (tertiary/aromatic N) is 2. The van der Waals surface area contributed by atoms with Crippen LogP contribution >= 0.6 is 0 Å². The highest BCUT2D eigenvalue weighted by Gasteiger charge is 2.42. The smallest absolute Gasteiger partial charge is 0.320 e. The molecule has 0 aromatic heterocycles. The summed E-state index contributed by atoms with van der Waals surface area (Å²) in [5, 5.41) is 9.35. The van der Waals surface area contributed by atoms with Crippen LogP contribution in [0.1, 0.15) is 46.0 Å². The van der Waals surface area contributed by atoms with Gasteiger partial charge in [0.2, 0.25) is 0 Å². The van der Waals surface area contributed by atoms with Crippen LogP contribution in [-0.2, 0) is 4.79 Å². The third kappa shape index (κ3) is 2.69. The maximum Gasteiger partial charge on any atom is 0.320 e. The molecule has 0 aromatic carbocycles. The number of carbonyl (C=O) groups excluding carboxylic acids is 1. The Morgan fingerprint density at radius 2 is 1.84 bits per heavy atom. The number of carboxylic acid groups (broad SMARTS) is 1. The minimum absolute atomic E-state index is 0.0973. The van der Waals surface area contributed by atoms with E-state index in [0.717, 1.165) is 19.4 Å². The first-order valence-corrected chi connectivity index (χ1v) is 7.33. The van der Waals surface area contributed by atoms with Gasteiger partial charge < -0.3 is 14.9 Å². The van der Waals surface area contributed by atoms with Crippen LogP contribution in [0, 0.1) is 5.41 Å². The van der Waals surface area contributed by atoms with Gasteiger partial charge in [-0.05, 0) is 39.0 Å². The van der Waals surface area contributed by atoms with Crippen LogP contribution in [0.25, 0.3) is 0 Å². The fraction of sp³-hybridized carbons (Fsp3) is 0.857. The molecule has 1 saturated carbocycles. The van der Waals surface area contributed by atoms with E-state index in [1.807, 2.05) is 23.6 Å². The molecule has 1 aliphatic heterocycles. The van der Waals surface area contributed by atoms with Crippen molar-refractivity contribution in [2.75, 3.05) is 19.6 Å². The van der Waals surface area contributed by atoms with Gasteiger partial charge in [0.25, 0.3) is 0 Å². The summed E-state index contributed by atoms with van der Waals surface area (Å²) in [6.07, 6.45) is 4.02. The third-order valence-electron chi connectivity index (χ3n) is 4.70. The predicted octanol–water partition coefficient (Wildman–Crippen LogP) is 2.17. The number of amides is 2. The molecule has 0 unspecified atom stereocenters. The summed E-state index contributed by atoms with van der Waals surface area (Å²) in [7, 11) is 0. The molecule has 2 amide bonds. The summed E-state index contributed by atoms with van der Waals surface area (Å²) in [5.74, 6) is -0.711. The number of urea groups is 1. The summed E-state index contributed by atoms with van der Waals surface area (Å²) in [5.41, 5.74) is -0.618. The quantitative estimate of drug-likeness (QED) is 0.850. The Balaban J connectivity index is 1.95. The van der Waals surface area contributed by atoms with E-state index < -0.39 is 11.4 Å². The lowest BCUT2D eigenvalue weighted by atomic mass is 9.76. The molecule has 5 nitrogen and oxygen atoms in total. The van der Waals surface area contributed by atoms with Crippen LogP contribution in [0.5, 0.6) is 0 Å². The van der Waals surface area contributed by atoms with Gasteiger partial charge in [-0.3, -0.25) is 4.79 Å². The van der Waals surface area contributed by atoms with E-state index in [1.54, 1.807) is 0 Å². The van der Waals surface area contributed by atoms with E-state index in [0.29, 0.717) is 38.4 Å². The number of likely N-dealkylation sites (tertiary alicyclic amines) is 1. The van der Waals surface area contributed by atoms with E-state index in [1.165, 1.54) is 0 Å². The molecule has 5 heteroatoms. The molecule has 0 radical (unpaired) electrons. The van der Waals surface area contributed by atoms with Crippen LogP contribution < -0.4 is 0 Å². The Labute approximate surface area is 114 Å². The molecule has 0 aromatic rings. The maximum atomic E-state index is 12.4. The van der Waals surface area contributed by atoms with Crippen LogP contribution in [-0.4, -0.2) is 52.6 Å². The van der Waals surface area contributed by atoms with Gasteiger partial charge in [-0.25, -0.2) is 4.79 Å². The van der Waals surface area contributed by atoms with Gasteiger partial charge in [-0.2, -0.15) is 0 Å². The second kappa shape index (κ2) is 5.39. The van der Waals surface area contributed by atoms with Gasteiger partial charge in [0.05, 0.1) is 5.41 Å². The van der Waals surface area contributed by atoms with Crippen LogP contribution in [0.3, 0.4) is 0 Å². The minimum atomic E-state index is -0.711. The standard InChI is InChI=1S/C14H24N2O3/c1-3-14(12(17)18)7-9-15(10-8-14)13(19)16(4-2)11-5-6-11/h11H,3-10H2,1-2H3,(H,17,18). The summed E-state index contributed by atoms with van der Waals surface area (Å²) in [4.78, 5) is 27.5. The third-order valence-corrected chi connectivity index (χ3v) is 4.70. The van der Waals surface area contributed by atoms with Gasteiger partial charge in [-0.15, -0.1) is 0 Å². The lowest BCUT2D eigenvalue weighted by molar-refractivity contribution is -0.152. The van der Waals surface area contributed by atoms with E-state index in [9.17, 15) is 14.7 Å². The van der Waals surface area contributed by atoms with Crippen molar-refractivity contribution in [2.45, 2.75) is 52.0 Å². The van der Waals surface area contributed by atoms with Crippen LogP contribution in [0.2, 0.25) is 0 Å². The first-order valence-electron chi connectivity index (χ1n) is 7.33. The topological polar surface area (TPSA) is 60.9 Å². The molecule has 1 heterocycles. The van der Waals surface area contributed by atoms with Gasteiger partial charge >= 0.3 is 12.0 Å². The van der Waals surface area contributed by atoms with E-state index in [4.69, 9.17) is 0 Å². The van der Waals surface area contributed by atoms with E-state index >= 15 is 0 Å². The normalized spacial score (nSPS) is 22.1. The first kappa shape index (κ1) is 14.2. The van der Waals surface area contributed by atoms with E-state index in [-0.39, 0.29) is 6.03 Å². The maximum absolute atomic E-state index is 12.4. The monoisotopic (exact) mass is 268 g/mol. The largest absolute Gasteiger partial charge is 0.481 e. The van der Waals surface area contributed by atoms with Crippen molar-refractivity contribution in [3.05, 3.63) is 0 Å². The second-order valence-electron chi connectivity index (χ2n) is 5.73. The van der Waals surface area contributed by atoms with Crippen molar-refractivity contribution in [2.24, 2.45) is 5.41 Å². The molecule has 2 rings (SSSR count). The van der Waals surface area contributed by atoms with Crippen molar-refractivity contribution in [1.29, 1.82) is 0 Å². The molecule has 19 heavy (non-hydrogen) atoms. The predicted molar refractivity (Wildman–Crippen MR) is 72.0 cm³/mol. The number of aliphatic carboxylic acids is 1. The minimum Gasteiger partial charge on any atom is -0.481 e. The molecule has 2 fully saturated rings. The average Bonchev–Trinajstić information content (AvgIpc) is 3.24. The zero-order valence-corrected chi connectivity index (χ0v) is 11.9. The van der Waals surface area contributed by atoms with Crippen LogP contribution in [0.15, 0.2) is 0 Å². The summed E-state index contributed by atoms with van der Waals surface area (Å²) >= 11 is 0. The Hall–Kier alpha value is -1.26. The average molecular weight is 268 g/mol. The van der Waals surface area contributed by atoms with Crippen LogP contribution in [0.4, 0.5) is 4.79 Å². The number of piperidine rings is 1. The van der Waals surface area contributed by atoms with Gasteiger partial charge in [0, 0.05) is 25.7 Å². The number of rotatable bonds is 4. The molecule has 0 bridgehead atoms. The lowest BCUT2D eigenvalue weighted by Gasteiger charge is -2.40. The highest BCUT2D eigenvalue weighted by molar-refractivity contribution is 5.77. The van der Waals surface area contributed by atoms with Crippen molar-refractivity contribution in [3.63, 3.8) is 0 Å². The van der Waals surface area contributed by atoms with Crippen molar-refractivity contribution in [1.82, 2.24) is 9.80 Å². The molecule has 1 saturated heterocycles. The van der Waals surface area contributed by atoms with Gasteiger partial charge in [0.1, 0.15) is 0 Å². The van der Waals surface area contributed by atoms with Crippen molar-refractivity contribution in [3.8, 4) is 0 Å². The molecule has 0 spiro atoms. The highest BCUT2D eigenvalue weighted by atomic mass is 16.4. The number of carbonyl (C=O) groups is 2. The fourth-order valence-electron chi connectivity index (χ4n) is 2.96. The molecule has 1 aliphatic carbocycles. The Morgan fingerprint density at radius 3 is 2.21 bits per heavy atom.